The molecule has 5 heterocycles. The van der Waals surface area contributed by atoms with Crippen LogP contribution in [0.25, 0.3) is 22.3 Å². The zero-order chi connectivity index (χ0) is 108. The van der Waals surface area contributed by atoms with Crippen LogP contribution in [0.3, 0.4) is 0 Å². The zero-order valence-corrected chi connectivity index (χ0v) is 96.8. The molecule has 5 aromatic heterocycles. The smallest absolute Gasteiger partial charge is 0.870 e. The molecule has 0 saturated heterocycles. The molecule has 0 spiro atoms. The fraction of sp³-hybridized carbons (Fsp3) is 0.227. The summed E-state index contributed by atoms with van der Waals surface area (Å²) >= 11 is 14.2. The van der Waals surface area contributed by atoms with Gasteiger partial charge in [0.1, 0.15) is 74.7 Å². The van der Waals surface area contributed by atoms with Crippen LogP contribution in [0.2, 0.25) is 0 Å². The maximum atomic E-state index is 13.0. The van der Waals surface area contributed by atoms with Gasteiger partial charge in [0.05, 0.1) is 69.9 Å². The number of alkyl halides is 1. The summed E-state index contributed by atoms with van der Waals surface area (Å²) < 4.78 is 75.5. The molecule has 1 amide bonds. The second-order valence-corrected chi connectivity index (χ2v) is 41.2. The van der Waals surface area contributed by atoms with Gasteiger partial charge in [-0.05, 0) is 248 Å². The number of halogens is 7. The van der Waals surface area contributed by atoms with Crippen molar-refractivity contribution in [3.8, 4) is 56.8 Å². The zero-order valence-electron chi connectivity index (χ0n) is 85.8. The molecule has 15 rings (SSSR count). The van der Waals surface area contributed by atoms with Gasteiger partial charge in [-0.25, -0.2) is 49.3 Å². The number of esters is 3. The van der Waals surface area contributed by atoms with Gasteiger partial charge in [0.2, 0.25) is 23.0 Å². The Kier molecular flexibility index (Phi) is 57.0. The number of aryl methyl sites for hydroxylation is 9. The van der Waals surface area contributed by atoms with Crippen LogP contribution in [0.5, 0.6) is 34.5 Å². The topological polar surface area (TPSA) is 406 Å². The summed E-state index contributed by atoms with van der Waals surface area (Å²) in [5.41, 5.74) is 28.7. The number of hydrogen-bond acceptors (Lipinski definition) is 25. The molecule has 15 aromatic rings. The van der Waals surface area contributed by atoms with Gasteiger partial charge in [-0.15, -0.1) is 11.6 Å². The summed E-state index contributed by atoms with van der Waals surface area (Å²) in [7, 11) is 27.6. The molecule has 7 N–H and O–H groups in total. The number of carboxylic acids is 1. The molecule has 778 valence electrons. The van der Waals surface area contributed by atoms with E-state index in [0.29, 0.717) is 94.3 Å². The van der Waals surface area contributed by atoms with Crippen LogP contribution in [0, 0.1) is 79.4 Å². The number of methoxy groups -OCH3 is 9. The van der Waals surface area contributed by atoms with E-state index >= 15 is 0 Å². The van der Waals surface area contributed by atoms with Gasteiger partial charge in [0.15, 0.2) is 12.8 Å². The number of benzene rings is 10. The summed E-state index contributed by atoms with van der Waals surface area (Å²) in [6.45, 7) is 20.8. The molecule has 0 saturated carbocycles. The number of carbonyl (C=O) groups excluding carboxylic acids is 4. The Morgan fingerprint density at radius 2 is 0.750 bits per heavy atom. The minimum Gasteiger partial charge on any atom is -0.870 e. The predicted octanol–water partition coefficient (Wildman–Crippen LogP) is 23.3. The van der Waals surface area contributed by atoms with Gasteiger partial charge in [-0.1, -0.05) is 193 Å². The molecule has 0 aliphatic rings. The summed E-state index contributed by atoms with van der Waals surface area (Å²) in [5.74, 6) is 4.86. The number of carboxylic acid groups (broad SMARTS) is 1. The number of nitrogens with two attached hydrogens (primary N) is 1. The van der Waals surface area contributed by atoms with Crippen LogP contribution >= 0.6 is 89.5 Å². The van der Waals surface area contributed by atoms with Crippen LogP contribution in [-0.2, 0) is 45.8 Å². The Balaban J connectivity index is 0.000000361. The molecule has 0 aliphatic heterocycles. The number of hydrogen-bond donors (Lipinski definition) is 5. The van der Waals surface area contributed by atoms with Gasteiger partial charge in [-0.2, -0.15) is 0 Å². The van der Waals surface area contributed by atoms with E-state index < -0.39 is 53.2 Å². The third-order valence-electron chi connectivity index (χ3n) is 21.5. The third-order valence-corrected chi connectivity index (χ3v) is 24.4. The van der Waals surface area contributed by atoms with Gasteiger partial charge in [-0.3, -0.25) is 14.9 Å². The number of anilines is 2. The Labute approximate surface area is 931 Å². The monoisotopic (exact) mass is 2320 g/mol. The number of rotatable bonds is 24. The van der Waals surface area contributed by atoms with Crippen LogP contribution in [0.1, 0.15) is 159 Å². The van der Waals surface area contributed by atoms with Gasteiger partial charge in [0.25, 0.3) is 5.91 Å². The number of nitrogens with zero attached hydrogens (tertiary/aromatic N) is 1. The third kappa shape index (κ3) is 41.5. The molecular formula is C110H117AlBBr3Cl4N3NaO25. The SMILES string of the molecule is COC(=O)c1ccc(CCl)o1.COC(=O)c1ccc(Cc2c(C)ccc(Br)c2C)o1.COC(=O)c1ccc(Cc2cc(Br)c(C)cc2C)o1.COc1cc(OC)c(N)c(OC)c1.COc1cc(OC)c(NC(=O)c2ccc(Cc3cc(-c4ccccc4)c(C)cc3C)o2)c(OC)c1.C[N+](=O)[O-].Cc1cc(C)c(-c2ccccc2)cc1Cc1ccc(C(=O)O)o1.Cc1ccc(Br)c(C)c1.OB(O)c1ccccc1.[Cl][Al]([Cl])[Cl].[Na+].[OH-]. The second kappa shape index (κ2) is 65.8. The minimum absolute atomic E-state index is 0. The van der Waals surface area contributed by atoms with Crippen molar-refractivity contribution in [3.05, 3.63) is 402 Å². The molecule has 0 bridgehead atoms. The van der Waals surface area contributed by atoms with Crippen LogP contribution in [-0.4, -0.2) is 145 Å². The molecule has 10 aromatic carbocycles. The number of aromatic carboxylic acids is 1. The first kappa shape index (κ1) is 128. The van der Waals surface area contributed by atoms with E-state index in [2.05, 4.69) is 221 Å². The second-order valence-electron chi connectivity index (χ2n) is 31.9. The van der Waals surface area contributed by atoms with E-state index in [4.69, 9.17) is 123 Å². The van der Waals surface area contributed by atoms with Crippen molar-refractivity contribution in [1.82, 2.24) is 0 Å². The van der Waals surface area contributed by atoms with Crippen molar-refractivity contribution in [2.24, 2.45) is 0 Å². The van der Waals surface area contributed by atoms with E-state index in [9.17, 15) is 24.0 Å². The average molecular weight is 2320 g/mol. The number of carbonyl (C=O) groups is 5. The molecule has 0 radical (unpaired) electrons. The normalized spacial score (nSPS) is 9.93. The number of amides is 1. The maximum Gasteiger partial charge on any atom is 1.00 e. The van der Waals surface area contributed by atoms with Crippen LogP contribution < -0.4 is 74.5 Å². The predicted molar refractivity (Wildman–Crippen MR) is 588 cm³/mol. The van der Waals surface area contributed by atoms with E-state index in [-0.39, 0.29) is 69.7 Å². The molecular weight excluding hydrogens is 2210 g/mol. The van der Waals surface area contributed by atoms with Crippen molar-refractivity contribution < 1.29 is 144 Å². The van der Waals surface area contributed by atoms with Crippen molar-refractivity contribution in [2.75, 3.05) is 82.1 Å². The summed E-state index contributed by atoms with van der Waals surface area (Å²) in [5, 5.41) is 37.8. The average Bonchev–Trinajstić information content (AvgIpc) is 1.52. The quantitative estimate of drug-likeness (QED) is 0.00713. The molecule has 148 heavy (non-hydrogen) atoms. The number of nitrogen functional groups attached to an aromatic ring is 1. The first-order valence-corrected chi connectivity index (χ1v) is 52.7. The van der Waals surface area contributed by atoms with Crippen molar-refractivity contribution in [3.63, 3.8) is 0 Å². The molecule has 0 atom stereocenters. The molecule has 28 nitrogen and oxygen atoms in total. The first-order chi connectivity index (χ1) is 69.5. The Morgan fingerprint density at radius 3 is 1.10 bits per heavy atom. The Morgan fingerprint density at radius 1 is 0.412 bits per heavy atom. The molecule has 0 aliphatic carbocycles. The van der Waals surface area contributed by atoms with Gasteiger partial charge >= 0.3 is 71.9 Å². The number of furan rings is 5. The maximum absolute atomic E-state index is 13.0. The fourth-order valence-electron chi connectivity index (χ4n) is 13.9. The van der Waals surface area contributed by atoms with E-state index in [0.717, 1.165) is 38.6 Å². The standard InChI is InChI=1S/C29H29NO5.C20H18O3.2C15H15BrO3.C9H13NO3.C8H9Br.C7H7ClO3.C6H7BO2.CH3NO2.Al.3ClH.Na.H2O/c1-18-13-19(2)24(20-9-7-6-8-10-20)15-21(18)14-22-11-12-25(35-22)29(31)30-28-26(33-4)16-23(32-3)17-27(28)34-5;1-13-10-14(2)18(15-6-4-3-5-7-15)12-16(13)11-17-8-9-19(23-17)20(21)22;1-9-4-6-13(16)10(2)12(9)8-11-5-7-14(19-11)15(17)18-3;1-9-6-10(2)13(16)8-11(9)7-12-4-5-14(19-12)15(17)18-3;1-11-6-4-7(12-2)9(10)8(5-6)13-3;1-6-3-4-8(9)7(2)5-6;1-10-7(9)6-3-2-5(4-8)11-6;8-7(9)6-4-2-1-3-5-6;1-2(3)4;;;;;;/h6-13,15-17H,14H2,1-5H3,(H,30,31);3-10,12H,11H2,1-2H3,(H,21,22);4-7H,8H2,1-3H3;4-6,8H,7H2,1-3H3;4-5H,10H2,1-3H3;3-5H,1-2H3;2-3H,4H2,1H3;1-5,8-9H;1H3;;3*1H;;1H2/q;;;;;;;;;+3;;;;+1;/p-4. The van der Waals surface area contributed by atoms with E-state index in [1.165, 1.54) is 141 Å². The molecule has 0 fully saturated rings. The fourth-order valence-corrected chi connectivity index (χ4v) is 15.1. The van der Waals surface area contributed by atoms with Crippen LogP contribution in [0.4, 0.5) is 11.4 Å². The number of nitro groups is 1. The summed E-state index contributed by atoms with van der Waals surface area (Å²) in [4.78, 5) is 65.7. The molecule has 38 heteroatoms. The largest absolute Gasteiger partial charge is 1.00 e. The van der Waals surface area contributed by atoms with Gasteiger partial charge < -0.3 is 96.4 Å². The van der Waals surface area contributed by atoms with Gasteiger partial charge in [0, 0.05) is 68.3 Å². The van der Waals surface area contributed by atoms with Crippen molar-refractivity contribution in [1.29, 1.82) is 0 Å². The van der Waals surface area contributed by atoms with E-state index in [1.807, 2.05) is 60.7 Å². The Hall–Kier alpha value is -12.0. The van der Waals surface area contributed by atoms with Crippen molar-refractivity contribution in [2.45, 2.75) is 101 Å². The number of ether oxygens (including phenoxy) is 9. The minimum atomic E-state index is -1.72. The number of nitrogens with one attached hydrogen (secondary N) is 1. The Bertz CT molecular complexity index is 6730. The summed E-state index contributed by atoms with van der Waals surface area (Å²) in [6, 6.07) is 76.2. The van der Waals surface area contributed by atoms with Crippen LogP contribution in [0.15, 0.2) is 278 Å². The first-order valence-electron chi connectivity index (χ1n) is 44.6. The van der Waals surface area contributed by atoms with E-state index in [1.54, 1.807) is 113 Å². The van der Waals surface area contributed by atoms with Crippen molar-refractivity contribution >= 4 is 155 Å². The molecule has 0 unspecified atom stereocenters. The summed E-state index contributed by atoms with van der Waals surface area (Å²) in [6.07, 6.45) is 2.48.